The molecule has 7 nitrogen and oxygen atoms in total. The lowest BCUT2D eigenvalue weighted by atomic mass is 10.1. The Balaban J connectivity index is 1.94. The highest BCUT2D eigenvalue weighted by molar-refractivity contribution is 9.10. The van der Waals surface area contributed by atoms with E-state index in [0.717, 1.165) is 11.3 Å². The van der Waals surface area contributed by atoms with E-state index in [1.807, 2.05) is 0 Å². The van der Waals surface area contributed by atoms with E-state index < -0.39 is 30.1 Å². The molecule has 1 aromatic carbocycles. The van der Waals surface area contributed by atoms with Crippen LogP contribution in [0.25, 0.3) is 10.1 Å². The molecule has 1 atom stereocenters. The highest BCUT2D eigenvalue weighted by Gasteiger charge is 2.57. The normalized spacial score (nSPS) is 13.3. The van der Waals surface area contributed by atoms with Crippen molar-refractivity contribution in [3.63, 3.8) is 0 Å². The van der Waals surface area contributed by atoms with Gasteiger partial charge < -0.3 is 14.4 Å². The van der Waals surface area contributed by atoms with E-state index in [1.54, 1.807) is 25.1 Å². The maximum Gasteiger partial charge on any atom is 0.405 e. The summed E-state index contributed by atoms with van der Waals surface area (Å²) in [6, 6.07) is 7.65. The lowest BCUT2D eigenvalue weighted by Gasteiger charge is -2.25. The smallest absolute Gasteiger partial charge is 0.344 e. The van der Waals surface area contributed by atoms with Crippen molar-refractivity contribution in [1.82, 2.24) is 15.5 Å². The number of carbonyl (C=O) groups is 1. The van der Waals surface area contributed by atoms with E-state index in [9.17, 15) is 9.36 Å². The monoisotopic (exact) mass is 547 g/mol. The first kappa shape index (κ1) is 24.9. The third-order valence-corrected chi connectivity index (χ3v) is 9.07. The summed E-state index contributed by atoms with van der Waals surface area (Å²) in [7, 11) is -4.76. The van der Waals surface area contributed by atoms with Crippen LogP contribution in [-0.2, 0) is 19.3 Å². The minimum absolute atomic E-state index is 0.0405. The van der Waals surface area contributed by atoms with E-state index in [2.05, 4.69) is 31.4 Å². The molecule has 32 heavy (non-hydrogen) atoms. The van der Waals surface area contributed by atoms with Gasteiger partial charge in [0.15, 0.2) is 0 Å². The molecule has 3 aromatic rings. The number of thiophene rings is 1. The average Bonchev–Trinajstić information content (AvgIpc) is 3.11. The van der Waals surface area contributed by atoms with Crippen LogP contribution in [0.4, 0.5) is 8.78 Å². The van der Waals surface area contributed by atoms with Gasteiger partial charge in [0.25, 0.3) is 5.91 Å². The van der Waals surface area contributed by atoms with Gasteiger partial charge in [-0.3, -0.25) is 9.36 Å². The lowest BCUT2D eigenvalue weighted by Crippen LogP contribution is -2.27. The predicted octanol–water partition coefficient (Wildman–Crippen LogP) is 6.26. The van der Waals surface area contributed by atoms with Crippen LogP contribution >= 0.6 is 34.9 Å². The second-order valence-corrected chi connectivity index (χ2v) is 10.6. The quantitative estimate of drug-likeness (QED) is 0.318. The minimum atomic E-state index is -4.76. The topological polar surface area (TPSA) is 90.4 Å². The molecule has 1 unspecified atom stereocenters. The third-order valence-electron chi connectivity index (χ3n) is 4.49. The molecule has 0 saturated heterocycles. The van der Waals surface area contributed by atoms with E-state index in [-0.39, 0.29) is 23.2 Å². The van der Waals surface area contributed by atoms with Gasteiger partial charge in [-0.1, -0.05) is 0 Å². The highest BCUT2D eigenvalue weighted by atomic mass is 79.9. The second-order valence-electron chi connectivity index (χ2n) is 6.67. The molecule has 172 valence electrons. The van der Waals surface area contributed by atoms with Crippen LogP contribution in [0.15, 0.2) is 41.0 Å². The Kier molecular flexibility index (Phi) is 7.77. The fourth-order valence-electron chi connectivity index (χ4n) is 2.96. The number of fused-ring (bicyclic) bond motifs is 1. The first-order valence-corrected chi connectivity index (χ1v) is 12.9. The first-order chi connectivity index (χ1) is 15.1. The standard InChI is InChI=1S/C20H21BrF2N3O4PS/c1-4-29-31(28,30-5-2)20(22,23)18-17(21)14-11-13(8-9-16(14)32-18)19(27)25-12(3)15-7-6-10-24-26-15/h6-12H,4-5H2,1-3H3,(H,25,27). The third kappa shape index (κ3) is 4.77. The van der Waals surface area contributed by atoms with Crippen LogP contribution < -0.4 is 5.32 Å². The molecule has 2 aromatic heterocycles. The second kappa shape index (κ2) is 10.0. The zero-order chi connectivity index (χ0) is 23.5. The summed E-state index contributed by atoms with van der Waals surface area (Å²) in [6.45, 7) is 4.31. The fraction of sp³-hybridized carbons (Fsp3) is 0.350. The molecule has 1 N–H and O–H groups in total. The SMILES string of the molecule is CCOP(=O)(OCC)C(F)(F)c1sc2ccc(C(=O)NC(C)c3cccnn3)cc2c1Br. The Morgan fingerprint density at radius 2 is 1.97 bits per heavy atom. The van der Waals surface area contributed by atoms with Crippen molar-refractivity contribution in [2.75, 3.05) is 13.2 Å². The number of nitrogens with one attached hydrogen (secondary N) is 1. The zero-order valence-electron chi connectivity index (χ0n) is 17.5. The van der Waals surface area contributed by atoms with Crippen LogP contribution in [0, 0.1) is 0 Å². The van der Waals surface area contributed by atoms with Gasteiger partial charge in [-0.25, -0.2) is 0 Å². The number of nitrogens with zero attached hydrogens (tertiary/aromatic N) is 2. The summed E-state index contributed by atoms with van der Waals surface area (Å²) in [4.78, 5) is 12.2. The van der Waals surface area contributed by atoms with E-state index in [4.69, 9.17) is 9.05 Å². The molecule has 0 aliphatic heterocycles. The molecule has 0 aliphatic rings. The van der Waals surface area contributed by atoms with Gasteiger partial charge in [0, 0.05) is 26.3 Å². The summed E-state index contributed by atoms with van der Waals surface area (Å²) in [6.07, 6.45) is 1.53. The summed E-state index contributed by atoms with van der Waals surface area (Å²) in [5.74, 6) is -0.397. The summed E-state index contributed by atoms with van der Waals surface area (Å²) in [5.41, 5.74) is -3.01. The number of aromatic nitrogens is 2. The van der Waals surface area contributed by atoms with E-state index in [1.165, 1.54) is 32.2 Å². The van der Waals surface area contributed by atoms with Gasteiger partial charge in [-0.05, 0) is 67.0 Å². The van der Waals surface area contributed by atoms with Crippen molar-refractivity contribution in [2.45, 2.75) is 32.5 Å². The lowest BCUT2D eigenvalue weighted by molar-refractivity contribution is 0.0387. The summed E-state index contributed by atoms with van der Waals surface area (Å²) in [5, 5.41) is 11.0. The van der Waals surface area contributed by atoms with Gasteiger partial charge in [0.1, 0.15) is 4.88 Å². The van der Waals surface area contributed by atoms with Gasteiger partial charge in [0.2, 0.25) is 0 Å². The van der Waals surface area contributed by atoms with Crippen LogP contribution in [0.3, 0.4) is 0 Å². The molecule has 2 heterocycles. The first-order valence-electron chi connectivity index (χ1n) is 9.72. The van der Waals surface area contributed by atoms with Crippen molar-refractivity contribution < 1.29 is 27.2 Å². The maximum absolute atomic E-state index is 15.3. The Morgan fingerprint density at radius 1 is 1.28 bits per heavy atom. The molecule has 0 saturated carbocycles. The molecule has 12 heteroatoms. The number of amides is 1. The average molecular weight is 548 g/mol. The Labute approximate surface area is 196 Å². The molecular weight excluding hydrogens is 527 g/mol. The summed E-state index contributed by atoms with van der Waals surface area (Å²) < 4.78 is 53.6. The van der Waals surface area contributed by atoms with Crippen LogP contribution in [-0.4, -0.2) is 29.3 Å². The Hall–Kier alpha value is -1.78. The van der Waals surface area contributed by atoms with E-state index >= 15 is 8.78 Å². The van der Waals surface area contributed by atoms with Crippen molar-refractivity contribution in [3.8, 4) is 0 Å². The molecule has 0 aliphatic carbocycles. The van der Waals surface area contributed by atoms with Crippen molar-refractivity contribution in [2.24, 2.45) is 0 Å². The van der Waals surface area contributed by atoms with Gasteiger partial charge in [-0.2, -0.15) is 19.0 Å². The van der Waals surface area contributed by atoms with Crippen molar-refractivity contribution >= 4 is 50.9 Å². The van der Waals surface area contributed by atoms with Gasteiger partial charge in [0.05, 0.1) is 24.9 Å². The Morgan fingerprint density at radius 3 is 2.56 bits per heavy atom. The molecule has 3 rings (SSSR count). The summed E-state index contributed by atoms with van der Waals surface area (Å²) >= 11 is 3.96. The van der Waals surface area contributed by atoms with Crippen LogP contribution in [0.2, 0.25) is 0 Å². The Bertz CT molecular complexity index is 1150. The molecule has 0 bridgehead atoms. The van der Waals surface area contributed by atoms with Gasteiger partial charge in [-0.15, -0.1) is 11.3 Å². The largest absolute Gasteiger partial charge is 0.405 e. The van der Waals surface area contributed by atoms with Crippen LogP contribution in [0.5, 0.6) is 0 Å². The van der Waals surface area contributed by atoms with Crippen LogP contribution in [0.1, 0.15) is 47.7 Å². The number of rotatable bonds is 9. The molecular formula is C20H21BrF2N3O4PS. The van der Waals surface area contributed by atoms with Gasteiger partial charge >= 0.3 is 13.3 Å². The molecule has 0 radical (unpaired) electrons. The number of halogens is 3. The minimum Gasteiger partial charge on any atom is -0.344 e. The highest BCUT2D eigenvalue weighted by Crippen LogP contribution is 2.69. The number of benzene rings is 1. The van der Waals surface area contributed by atoms with E-state index in [0.29, 0.717) is 15.8 Å². The molecule has 1 amide bonds. The van der Waals surface area contributed by atoms with Crippen molar-refractivity contribution in [1.29, 1.82) is 0 Å². The number of carbonyl (C=O) groups excluding carboxylic acids is 1. The molecule has 0 fully saturated rings. The number of hydrogen-bond donors (Lipinski definition) is 1. The predicted molar refractivity (Wildman–Crippen MR) is 122 cm³/mol. The van der Waals surface area contributed by atoms with Crippen molar-refractivity contribution in [3.05, 3.63) is 57.1 Å². The number of hydrogen-bond acceptors (Lipinski definition) is 7. The zero-order valence-corrected chi connectivity index (χ0v) is 20.8. The molecule has 0 spiro atoms. The fourth-order valence-corrected chi connectivity index (χ4v) is 6.93. The maximum atomic E-state index is 15.3. The number of alkyl halides is 2.